The van der Waals surface area contributed by atoms with E-state index in [0.717, 1.165) is 21.7 Å². The molecule has 0 spiro atoms. The minimum Gasteiger partial charge on any atom is -0.481 e. The summed E-state index contributed by atoms with van der Waals surface area (Å²) in [6, 6.07) is 12.5. The van der Waals surface area contributed by atoms with Crippen LogP contribution in [-0.2, 0) is 14.8 Å². The Hall–Kier alpha value is -2.54. The fraction of sp³-hybridized carbons (Fsp3) is 0.350. The Morgan fingerprint density at radius 2 is 1.78 bits per heavy atom. The Morgan fingerprint density at radius 1 is 1.15 bits per heavy atom. The normalized spacial score (nSPS) is 12.3. The first-order valence-electron chi connectivity index (χ1n) is 8.70. The zero-order chi connectivity index (χ0) is 20.2. The predicted octanol–water partition coefficient (Wildman–Crippen LogP) is 3.50. The van der Waals surface area contributed by atoms with Gasteiger partial charge in [0.2, 0.25) is 10.0 Å². The largest absolute Gasteiger partial charge is 0.481 e. The van der Waals surface area contributed by atoms with Crippen LogP contribution in [0.2, 0.25) is 0 Å². The van der Waals surface area contributed by atoms with Gasteiger partial charge in [-0.1, -0.05) is 19.1 Å². The number of nitrogens with one attached hydrogen (secondary N) is 1. The molecule has 0 unspecified atom stereocenters. The number of hydrogen-bond donors (Lipinski definition) is 1. The third-order valence-corrected chi connectivity index (χ3v) is 5.32. The molecule has 0 aliphatic rings. The van der Waals surface area contributed by atoms with Gasteiger partial charge in [-0.05, 0) is 61.7 Å². The maximum atomic E-state index is 12.6. The maximum Gasteiger partial charge on any atom is 0.265 e. The van der Waals surface area contributed by atoms with Crippen molar-refractivity contribution in [3.05, 3.63) is 53.6 Å². The number of benzene rings is 2. The van der Waals surface area contributed by atoms with Crippen LogP contribution in [0.15, 0.2) is 42.5 Å². The van der Waals surface area contributed by atoms with Gasteiger partial charge in [0.05, 0.1) is 11.9 Å². The molecule has 0 radical (unpaired) electrons. The Kier molecular flexibility index (Phi) is 6.49. The van der Waals surface area contributed by atoms with Gasteiger partial charge in [-0.25, -0.2) is 8.42 Å². The average Bonchev–Trinajstić information content (AvgIpc) is 2.57. The molecule has 146 valence electrons. The third kappa shape index (κ3) is 5.72. The molecular formula is C20H26N2O4S. The summed E-state index contributed by atoms with van der Waals surface area (Å²) in [7, 11) is -1.91. The second-order valence-corrected chi connectivity index (χ2v) is 8.62. The lowest BCUT2D eigenvalue weighted by Crippen LogP contribution is -2.32. The van der Waals surface area contributed by atoms with Crippen LogP contribution in [-0.4, -0.2) is 33.7 Å². The van der Waals surface area contributed by atoms with E-state index < -0.39 is 16.1 Å². The van der Waals surface area contributed by atoms with Crippen molar-refractivity contribution in [1.29, 1.82) is 0 Å². The van der Waals surface area contributed by atoms with E-state index in [0.29, 0.717) is 23.5 Å². The van der Waals surface area contributed by atoms with Crippen molar-refractivity contribution in [2.45, 2.75) is 33.3 Å². The molecule has 0 fully saturated rings. The van der Waals surface area contributed by atoms with Crippen molar-refractivity contribution in [1.82, 2.24) is 0 Å². The number of hydrogen-bond acceptors (Lipinski definition) is 4. The molecule has 7 heteroatoms. The Bertz CT molecular complexity index is 905. The second kappa shape index (κ2) is 8.43. The van der Waals surface area contributed by atoms with Gasteiger partial charge >= 0.3 is 0 Å². The van der Waals surface area contributed by atoms with E-state index in [2.05, 4.69) is 5.32 Å². The van der Waals surface area contributed by atoms with Crippen molar-refractivity contribution >= 4 is 27.3 Å². The van der Waals surface area contributed by atoms with E-state index in [-0.39, 0.29) is 5.91 Å². The lowest BCUT2D eigenvalue weighted by Gasteiger charge is -2.20. The molecule has 0 bridgehead atoms. The van der Waals surface area contributed by atoms with Crippen LogP contribution in [0.4, 0.5) is 11.4 Å². The summed E-state index contributed by atoms with van der Waals surface area (Å²) in [5.74, 6) is 0.371. The smallest absolute Gasteiger partial charge is 0.265 e. The van der Waals surface area contributed by atoms with Gasteiger partial charge in [-0.15, -0.1) is 0 Å². The topological polar surface area (TPSA) is 75.7 Å². The van der Waals surface area contributed by atoms with Crippen LogP contribution < -0.4 is 14.4 Å². The standard InChI is InChI=1S/C20H26N2O4S/c1-6-19(26-18-11-14(2)10-15(3)12-18)20(23)21-16-8-7-9-17(13-16)22(4)27(5,24)25/h7-13,19H,6H2,1-5H3,(H,21,23)/t19-/m0/s1. The average molecular weight is 391 g/mol. The molecule has 0 aromatic heterocycles. The molecule has 2 aromatic carbocycles. The molecule has 0 saturated carbocycles. The van der Waals surface area contributed by atoms with Crippen LogP contribution in [0, 0.1) is 13.8 Å². The highest BCUT2D eigenvalue weighted by Gasteiger charge is 2.19. The Balaban J connectivity index is 2.15. The number of rotatable bonds is 7. The molecule has 1 atom stereocenters. The van der Waals surface area contributed by atoms with E-state index in [1.807, 2.05) is 39.0 Å². The third-order valence-electron chi connectivity index (χ3n) is 4.11. The Labute approximate surface area is 161 Å². The van der Waals surface area contributed by atoms with Gasteiger partial charge in [-0.2, -0.15) is 0 Å². The van der Waals surface area contributed by atoms with E-state index in [9.17, 15) is 13.2 Å². The predicted molar refractivity (Wildman–Crippen MR) is 109 cm³/mol. The van der Waals surface area contributed by atoms with Gasteiger partial charge in [0.15, 0.2) is 6.10 Å². The number of carbonyl (C=O) groups excluding carboxylic acids is 1. The first kappa shape index (κ1) is 20.8. The van der Waals surface area contributed by atoms with Crippen LogP contribution in [0.25, 0.3) is 0 Å². The summed E-state index contributed by atoms with van der Waals surface area (Å²) < 4.78 is 30.4. The summed E-state index contributed by atoms with van der Waals surface area (Å²) in [6.45, 7) is 5.83. The van der Waals surface area contributed by atoms with Crippen LogP contribution >= 0.6 is 0 Å². The molecular weight excluding hydrogens is 364 g/mol. The van der Waals surface area contributed by atoms with Crippen molar-refractivity contribution in [2.24, 2.45) is 0 Å². The fourth-order valence-electron chi connectivity index (χ4n) is 2.68. The number of carbonyl (C=O) groups is 1. The second-order valence-electron chi connectivity index (χ2n) is 6.61. The molecule has 0 heterocycles. The number of ether oxygens (including phenoxy) is 1. The molecule has 27 heavy (non-hydrogen) atoms. The molecule has 2 rings (SSSR count). The van der Waals surface area contributed by atoms with E-state index in [4.69, 9.17) is 4.74 Å². The molecule has 2 aromatic rings. The summed E-state index contributed by atoms with van der Waals surface area (Å²) in [6.07, 6.45) is 0.979. The number of aryl methyl sites for hydroxylation is 2. The number of amides is 1. The maximum absolute atomic E-state index is 12.6. The van der Waals surface area contributed by atoms with E-state index >= 15 is 0 Å². The summed E-state index contributed by atoms with van der Waals surface area (Å²) >= 11 is 0. The highest BCUT2D eigenvalue weighted by Crippen LogP contribution is 2.22. The van der Waals surface area contributed by atoms with Crippen molar-refractivity contribution < 1.29 is 17.9 Å². The lowest BCUT2D eigenvalue weighted by atomic mass is 10.1. The zero-order valence-electron chi connectivity index (χ0n) is 16.3. The SMILES string of the molecule is CC[C@H](Oc1cc(C)cc(C)c1)C(=O)Nc1cccc(N(C)S(C)(=O)=O)c1. The quantitative estimate of drug-likeness (QED) is 0.785. The van der Waals surface area contributed by atoms with E-state index in [1.54, 1.807) is 24.3 Å². The van der Waals surface area contributed by atoms with Gasteiger partial charge in [-0.3, -0.25) is 9.10 Å². The van der Waals surface area contributed by atoms with Gasteiger partial charge < -0.3 is 10.1 Å². The minimum absolute atomic E-state index is 0.282. The van der Waals surface area contributed by atoms with Crippen LogP contribution in [0.3, 0.4) is 0 Å². The monoisotopic (exact) mass is 390 g/mol. The highest BCUT2D eigenvalue weighted by atomic mass is 32.2. The molecule has 0 aliphatic carbocycles. The summed E-state index contributed by atoms with van der Waals surface area (Å²) in [5.41, 5.74) is 3.11. The van der Waals surface area contributed by atoms with Gasteiger partial charge in [0.25, 0.3) is 5.91 Å². The number of nitrogens with zero attached hydrogens (tertiary/aromatic N) is 1. The summed E-state index contributed by atoms with van der Waals surface area (Å²) in [5, 5.41) is 2.80. The van der Waals surface area contributed by atoms with Crippen molar-refractivity contribution in [3.8, 4) is 5.75 Å². The van der Waals surface area contributed by atoms with Crippen LogP contribution in [0.5, 0.6) is 5.75 Å². The molecule has 1 amide bonds. The molecule has 0 aliphatic heterocycles. The summed E-state index contributed by atoms with van der Waals surface area (Å²) in [4.78, 5) is 12.6. The molecule has 1 N–H and O–H groups in total. The van der Waals surface area contributed by atoms with Crippen LogP contribution in [0.1, 0.15) is 24.5 Å². The molecule has 0 saturated heterocycles. The van der Waals surface area contributed by atoms with Gasteiger partial charge in [0, 0.05) is 12.7 Å². The number of anilines is 2. The minimum atomic E-state index is -3.38. The molecule has 6 nitrogen and oxygen atoms in total. The Morgan fingerprint density at radius 3 is 2.33 bits per heavy atom. The van der Waals surface area contributed by atoms with Crippen molar-refractivity contribution in [3.63, 3.8) is 0 Å². The highest BCUT2D eigenvalue weighted by molar-refractivity contribution is 7.92. The van der Waals surface area contributed by atoms with E-state index in [1.165, 1.54) is 7.05 Å². The van der Waals surface area contributed by atoms with Gasteiger partial charge in [0.1, 0.15) is 5.75 Å². The zero-order valence-corrected chi connectivity index (χ0v) is 17.1. The lowest BCUT2D eigenvalue weighted by molar-refractivity contribution is -0.122. The first-order valence-corrected chi connectivity index (χ1v) is 10.5. The van der Waals surface area contributed by atoms with Crippen molar-refractivity contribution in [2.75, 3.05) is 22.9 Å². The number of sulfonamides is 1. The fourth-order valence-corrected chi connectivity index (χ4v) is 3.18. The first-order chi connectivity index (χ1) is 12.6.